The molecule has 3 nitrogen and oxygen atoms in total. The molecule has 0 spiro atoms. The van der Waals surface area contributed by atoms with Gasteiger partial charge in [0.25, 0.3) is 0 Å². The van der Waals surface area contributed by atoms with Crippen molar-refractivity contribution in [1.29, 1.82) is 0 Å². The molecule has 0 saturated carbocycles. The molecule has 0 bridgehead atoms. The fourth-order valence-electron chi connectivity index (χ4n) is 2.19. The van der Waals surface area contributed by atoms with Crippen molar-refractivity contribution in [1.82, 2.24) is 4.98 Å². The summed E-state index contributed by atoms with van der Waals surface area (Å²) in [5.41, 5.74) is 0.484. The van der Waals surface area contributed by atoms with Crippen LogP contribution in [0.2, 0.25) is 0 Å². The van der Waals surface area contributed by atoms with Gasteiger partial charge in [-0.1, -0.05) is 42.8 Å². The highest BCUT2D eigenvalue weighted by Crippen LogP contribution is 2.31. The Morgan fingerprint density at radius 3 is 2.58 bits per heavy atom. The van der Waals surface area contributed by atoms with Gasteiger partial charge in [-0.05, 0) is 18.6 Å². The van der Waals surface area contributed by atoms with Gasteiger partial charge in [-0.2, -0.15) is 0 Å². The van der Waals surface area contributed by atoms with E-state index in [0.29, 0.717) is 11.1 Å². The van der Waals surface area contributed by atoms with Crippen molar-refractivity contribution in [3.63, 3.8) is 0 Å². The van der Waals surface area contributed by atoms with Gasteiger partial charge in [-0.3, -0.25) is 9.78 Å². The molecule has 1 unspecified atom stereocenters. The zero-order valence-electron chi connectivity index (χ0n) is 11.1. The molecule has 1 atom stereocenters. The minimum atomic E-state index is -1.62. The summed E-state index contributed by atoms with van der Waals surface area (Å²) in [4.78, 5) is 16.3. The van der Waals surface area contributed by atoms with Crippen molar-refractivity contribution in [2.75, 3.05) is 0 Å². The Labute approximate surface area is 112 Å². The molecular weight excluding hydrogens is 238 g/mol. The van der Waals surface area contributed by atoms with Gasteiger partial charge in [-0.25, -0.2) is 0 Å². The van der Waals surface area contributed by atoms with Crippen molar-refractivity contribution < 1.29 is 9.90 Å². The molecule has 1 heterocycles. The molecule has 0 radical (unpaired) electrons. The molecule has 3 heteroatoms. The summed E-state index contributed by atoms with van der Waals surface area (Å²) in [6.07, 6.45) is 3.42. The highest BCUT2D eigenvalue weighted by Gasteiger charge is 2.38. The SMILES string of the molecule is CCC(=O)C(O)(c1cccnc1)c1cccc(C)c1. The summed E-state index contributed by atoms with van der Waals surface area (Å²) in [6, 6.07) is 10.8. The Morgan fingerprint density at radius 2 is 2.00 bits per heavy atom. The summed E-state index contributed by atoms with van der Waals surface area (Å²) < 4.78 is 0. The maximum atomic E-state index is 12.3. The lowest BCUT2D eigenvalue weighted by Gasteiger charge is -2.27. The molecule has 1 aromatic heterocycles. The van der Waals surface area contributed by atoms with Crippen LogP contribution in [0.4, 0.5) is 0 Å². The first kappa shape index (κ1) is 13.4. The van der Waals surface area contributed by atoms with Gasteiger partial charge in [0.05, 0.1) is 0 Å². The number of Topliss-reactive ketones (excluding diaryl/α,β-unsaturated/α-hetero) is 1. The number of ketones is 1. The molecule has 0 saturated heterocycles. The van der Waals surface area contributed by atoms with Crippen LogP contribution in [0.25, 0.3) is 0 Å². The van der Waals surface area contributed by atoms with Gasteiger partial charge in [0.1, 0.15) is 0 Å². The lowest BCUT2D eigenvalue weighted by Crippen LogP contribution is -2.36. The topological polar surface area (TPSA) is 50.2 Å². The van der Waals surface area contributed by atoms with Crippen molar-refractivity contribution in [3.05, 3.63) is 65.5 Å². The maximum Gasteiger partial charge on any atom is 0.175 e. The Bertz CT molecular complexity index is 580. The van der Waals surface area contributed by atoms with Crippen molar-refractivity contribution >= 4 is 5.78 Å². The summed E-state index contributed by atoms with van der Waals surface area (Å²) in [7, 11) is 0. The van der Waals surface area contributed by atoms with E-state index in [1.165, 1.54) is 6.20 Å². The zero-order chi connectivity index (χ0) is 13.9. The number of nitrogens with zero attached hydrogens (tertiary/aromatic N) is 1. The highest BCUT2D eigenvalue weighted by molar-refractivity contribution is 5.91. The number of carbonyl (C=O) groups is 1. The summed E-state index contributed by atoms with van der Waals surface area (Å²) in [6.45, 7) is 3.68. The van der Waals surface area contributed by atoms with Gasteiger partial charge >= 0.3 is 0 Å². The van der Waals surface area contributed by atoms with Crippen LogP contribution in [0.15, 0.2) is 48.8 Å². The number of aliphatic hydroxyl groups is 1. The van der Waals surface area contributed by atoms with E-state index in [9.17, 15) is 9.90 Å². The predicted octanol–water partition coefficient (Wildman–Crippen LogP) is 2.61. The molecule has 2 rings (SSSR count). The van der Waals surface area contributed by atoms with Crippen molar-refractivity contribution in [2.24, 2.45) is 0 Å². The maximum absolute atomic E-state index is 12.3. The van der Waals surface area contributed by atoms with E-state index in [1.807, 2.05) is 25.1 Å². The van der Waals surface area contributed by atoms with Crippen LogP contribution in [0.5, 0.6) is 0 Å². The molecule has 98 valence electrons. The van der Waals surface area contributed by atoms with Crippen LogP contribution in [-0.2, 0) is 10.4 Å². The molecule has 0 amide bonds. The Kier molecular flexibility index (Phi) is 3.76. The zero-order valence-corrected chi connectivity index (χ0v) is 11.1. The monoisotopic (exact) mass is 255 g/mol. The third-order valence-corrected chi connectivity index (χ3v) is 3.24. The second-order valence-electron chi connectivity index (χ2n) is 4.60. The number of hydrogen-bond acceptors (Lipinski definition) is 3. The summed E-state index contributed by atoms with van der Waals surface area (Å²) in [5.74, 6) is -0.230. The Hall–Kier alpha value is -2.00. The van der Waals surface area contributed by atoms with E-state index in [0.717, 1.165) is 5.56 Å². The fourth-order valence-corrected chi connectivity index (χ4v) is 2.19. The average molecular weight is 255 g/mol. The number of carbonyl (C=O) groups excluding carboxylic acids is 1. The number of rotatable bonds is 4. The number of hydrogen-bond donors (Lipinski definition) is 1. The lowest BCUT2D eigenvalue weighted by atomic mass is 9.82. The first-order valence-electron chi connectivity index (χ1n) is 6.32. The van der Waals surface area contributed by atoms with Crippen LogP contribution in [0.3, 0.4) is 0 Å². The van der Waals surface area contributed by atoms with Crippen molar-refractivity contribution in [3.8, 4) is 0 Å². The first-order chi connectivity index (χ1) is 9.09. The van der Waals surface area contributed by atoms with Crippen LogP contribution in [-0.4, -0.2) is 15.9 Å². The van der Waals surface area contributed by atoms with Gasteiger partial charge in [0, 0.05) is 24.4 Å². The van der Waals surface area contributed by atoms with Crippen LogP contribution in [0, 0.1) is 6.92 Å². The first-order valence-corrected chi connectivity index (χ1v) is 6.32. The summed E-state index contributed by atoms with van der Waals surface area (Å²) >= 11 is 0. The average Bonchev–Trinajstić information content (AvgIpc) is 2.46. The van der Waals surface area contributed by atoms with E-state index >= 15 is 0 Å². The fraction of sp³-hybridized carbons (Fsp3) is 0.250. The van der Waals surface area contributed by atoms with Crippen LogP contribution >= 0.6 is 0 Å². The second-order valence-corrected chi connectivity index (χ2v) is 4.60. The van der Waals surface area contributed by atoms with Gasteiger partial charge in [-0.15, -0.1) is 0 Å². The second kappa shape index (κ2) is 5.33. The molecule has 0 aliphatic rings. The van der Waals surface area contributed by atoms with Gasteiger partial charge in [0.15, 0.2) is 11.4 Å². The molecular formula is C16H17NO2. The van der Waals surface area contributed by atoms with E-state index < -0.39 is 5.60 Å². The normalized spacial score (nSPS) is 13.8. The molecule has 1 aromatic carbocycles. The highest BCUT2D eigenvalue weighted by atomic mass is 16.3. The minimum Gasteiger partial charge on any atom is -0.373 e. The van der Waals surface area contributed by atoms with E-state index in [-0.39, 0.29) is 12.2 Å². The predicted molar refractivity (Wildman–Crippen MR) is 73.7 cm³/mol. The molecule has 0 aliphatic carbocycles. The van der Waals surface area contributed by atoms with E-state index in [4.69, 9.17) is 0 Å². The number of aryl methyl sites for hydroxylation is 1. The molecule has 2 aromatic rings. The number of pyridine rings is 1. The number of aromatic nitrogens is 1. The third-order valence-electron chi connectivity index (χ3n) is 3.24. The minimum absolute atomic E-state index is 0.230. The molecule has 0 fully saturated rings. The van der Waals surface area contributed by atoms with Crippen molar-refractivity contribution in [2.45, 2.75) is 25.9 Å². The number of benzene rings is 1. The quantitative estimate of drug-likeness (QED) is 0.913. The molecule has 1 N–H and O–H groups in total. The van der Waals surface area contributed by atoms with E-state index in [2.05, 4.69) is 4.98 Å². The third kappa shape index (κ3) is 2.42. The lowest BCUT2D eigenvalue weighted by molar-refractivity contribution is -0.134. The molecule has 0 aliphatic heterocycles. The summed E-state index contributed by atoms with van der Waals surface area (Å²) in [5, 5.41) is 11.0. The van der Waals surface area contributed by atoms with Gasteiger partial charge < -0.3 is 5.11 Å². The largest absolute Gasteiger partial charge is 0.373 e. The Morgan fingerprint density at radius 1 is 1.26 bits per heavy atom. The Balaban J connectivity index is 2.62. The molecule has 19 heavy (non-hydrogen) atoms. The standard InChI is InChI=1S/C16H17NO2/c1-3-15(18)16(19,14-8-5-9-17-11-14)13-7-4-6-12(2)10-13/h4-11,19H,3H2,1-2H3. The van der Waals surface area contributed by atoms with Crippen LogP contribution < -0.4 is 0 Å². The smallest absolute Gasteiger partial charge is 0.175 e. The van der Waals surface area contributed by atoms with Crippen LogP contribution in [0.1, 0.15) is 30.0 Å². The van der Waals surface area contributed by atoms with E-state index in [1.54, 1.807) is 31.3 Å². The van der Waals surface area contributed by atoms with Gasteiger partial charge in [0.2, 0.25) is 0 Å².